The lowest BCUT2D eigenvalue weighted by molar-refractivity contribution is -0.126. The Bertz CT molecular complexity index is 1980. The maximum Gasteiger partial charge on any atom is 0.354 e. The van der Waals surface area contributed by atoms with Crippen molar-refractivity contribution in [1.29, 1.82) is 0 Å². The molecule has 1 amide bonds. The van der Waals surface area contributed by atoms with Crippen LogP contribution in [0.5, 0.6) is 5.75 Å². The Hall–Kier alpha value is -4.85. The number of phenolic OH excluding ortho intramolecular Hbond substituents is 1. The van der Waals surface area contributed by atoms with Crippen molar-refractivity contribution in [3.05, 3.63) is 83.1 Å². The molecule has 0 aliphatic carbocycles. The highest BCUT2D eigenvalue weighted by Crippen LogP contribution is 2.39. The van der Waals surface area contributed by atoms with Crippen molar-refractivity contribution in [1.82, 2.24) is 19.4 Å². The van der Waals surface area contributed by atoms with E-state index in [9.17, 15) is 27.5 Å². The Morgan fingerprint density at radius 3 is 2.55 bits per heavy atom. The van der Waals surface area contributed by atoms with E-state index in [1.54, 1.807) is 16.7 Å². The maximum atomic E-state index is 15.9. The van der Waals surface area contributed by atoms with Crippen LogP contribution in [-0.4, -0.2) is 77.8 Å². The number of phenols is 1. The number of benzene rings is 2. The Labute approximate surface area is 252 Å². The minimum Gasteiger partial charge on any atom is -0.507 e. The predicted octanol–water partition coefficient (Wildman–Crippen LogP) is 3.36. The fourth-order valence-corrected chi connectivity index (χ4v) is 6.00. The first kappa shape index (κ1) is 30.6. The third-order valence-electron chi connectivity index (χ3n) is 7.75. The van der Waals surface area contributed by atoms with E-state index in [4.69, 9.17) is 0 Å². The number of anilines is 2. The number of aryl methyl sites for hydroxylation is 1. The standard InChI is InChI=1S/C30H30F2N6O5S/c1-6-26(40)36-12-13-37(17(2)16-36)29-20-14-22(32)19(27-21(31)8-7-9-25(27)39)15-24(20)38(30(41)34-29)28-18(3)33-11-10-23(28)35(4)44(5,42)43/h6-11,14-15,17,39H,1,12-13,16H2,2-5H3/t17-/m0/s1. The van der Waals surface area contributed by atoms with E-state index in [2.05, 4.69) is 16.5 Å². The zero-order valence-corrected chi connectivity index (χ0v) is 25.3. The molecule has 3 heterocycles. The Morgan fingerprint density at radius 1 is 1.18 bits per heavy atom. The molecule has 14 heteroatoms. The van der Waals surface area contributed by atoms with E-state index < -0.39 is 38.7 Å². The molecule has 0 saturated carbocycles. The van der Waals surface area contributed by atoms with E-state index in [0.29, 0.717) is 0 Å². The van der Waals surface area contributed by atoms with Crippen molar-refractivity contribution < 1.29 is 27.1 Å². The number of carbonyl (C=O) groups excluding carboxylic acids is 1. The van der Waals surface area contributed by atoms with Crippen LogP contribution in [0.1, 0.15) is 12.6 Å². The van der Waals surface area contributed by atoms with Crippen LogP contribution >= 0.6 is 0 Å². The van der Waals surface area contributed by atoms with Crippen LogP contribution < -0.4 is 14.9 Å². The number of piperazine rings is 1. The van der Waals surface area contributed by atoms with Gasteiger partial charge in [-0.05, 0) is 50.3 Å². The molecule has 0 bridgehead atoms. The van der Waals surface area contributed by atoms with Crippen LogP contribution in [0.15, 0.2) is 60.0 Å². The largest absolute Gasteiger partial charge is 0.507 e. The summed E-state index contributed by atoms with van der Waals surface area (Å²) in [6, 6.07) is 6.96. The Morgan fingerprint density at radius 2 is 1.91 bits per heavy atom. The van der Waals surface area contributed by atoms with E-state index in [-0.39, 0.29) is 70.9 Å². The predicted molar refractivity (Wildman–Crippen MR) is 164 cm³/mol. The quantitative estimate of drug-likeness (QED) is 0.324. The minimum atomic E-state index is -3.81. The molecule has 2 aromatic heterocycles. The SMILES string of the molecule is C=CC(=O)N1CCN(c2nc(=O)n(-c3c(N(C)S(C)(=O)=O)ccnc3C)c3cc(-c4c(O)cccc4F)c(F)cc23)[C@@H](C)C1. The third-order valence-corrected chi connectivity index (χ3v) is 8.94. The van der Waals surface area contributed by atoms with Gasteiger partial charge in [-0.25, -0.2) is 22.0 Å². The molecule has 0 radical (unpaired) electrons. The smallest absolute Gasteiger partial charge is 0.354 e. The topological polar surface area (TPSA) is 129 Å². The second kappa shape index (κ2) is 11.3. The summed E-state index contributed by atoms with van der Waals surface area (Å²) >= 11 is 0. The van der Waals surface area contributed by atoms with Gasteiger partial charge in [-0.2, -0.15) is 4.98 Å². The molecule has 0 unspecified atom stereocenters. The van der Waals surface area contributed by atoms with Gasteiger partial charge >= 0.3 is 5.69 Å². The van der Waals surface area contributed by atoms with Gasteiger partial charge in [0.25, 0.3) is 0 Å². The highest BCUT2D eigenvalue weighted by molar-refractivity contribution is 7.92. The average Bonchev–Trinajstić information content (AvgIpc) is 2.96. The molecule has 230 valence electrons. The molecule has 5 rings (SSSR count). The number of carbonyl (C=O) groups is 1. The van der Waals surface area contributed by atoms with Gasteiger partial charge in [0.15, 0.2) is 0 Å². The second-order valence-corrected chi connectivity index (χ2v) is 12.6. The number of fused-ring (bicyclic) bond motifs is 1. The highest BCUT2D eigenvalue weighted by Gasteiger charge is 2.31. The van der Waals surface area contributed by atoms with Gasteiger partial charge in [-0.15, -0.1) is 0 Å². The molecule has 11 nitrogen and oxygen atoms in total. The average molecular weight is 625 g/mol. The molecular formula is C30H30F2N6O5S. The van der Waals surface area contributed by atoms with Crippen molar-refractivity contribution in [2.75, 3.05) is 42.1 Å². The number of halogens is 2. The first-order valence-corrected chi connectivity index (χ1v) is 15.4. The lowest BCUT2D eigenvalue weighted by atomic mass is 10.0. The van der Waals surface area contributed by atoms with Crippen LogP contribution in [0.3, 0.4) is 0 Å². The number of hydrogen-bond acceptors (Lipinski definition) is 8. The third kappa shape index (κ3) is 5.25. The summed E-state index contributed by atoms with van der Waals surface area (Å²) < 4.78 is 58.2. The zero-order valence-electron chi connectivity index (χ0n) is 24.5. The molecular weight excluding hydrogens is 594 g/mol. The molecule has 0 spiro atoms. The van der Waals surface area contributed by atoms with Crippen LogP contribution in [0.4, 0.5) is 20.3 Å². The zero-order chi connectivity index (χ0) is 32.1. The molecule has 1 aliphatic rings. The van der Waals surface area contributed by atoms with Gasteiger partial charge in [0.05, 0.1) is 34.4 Å². The van der Waals surface area contributed by atoms with Crippen LogP contribution in [0.25, 0.3) is 27.7 Å². The van der Waals surface area contributed by atoms with Gasteiger partial charge in [0.2, 0.25) is 15.9 Å². The molecule has 1 N–H and O–H groups in total. The first-order valence-electron chi connectivity index (χ1n) is 13.6. The molecule has 1 saturated heterocycles. The van der Waals surface area contributed by atoms with E-state index in [1.165, 1.54) is 43.6 Å². The lowest BCUT2D eigenvalue weighted by Gasteiger charge is -2.40. The number of hydrogen-bond donors (Lipinski definition) is 1. The van der Waals surface area contributed by atoms with Crippen LogP contribution in [-0.2, 0) is 14.8 Å². The highest BCUT2D eigenvalue weighted by atomic mass is 32.2. The summed E-state index contributed by atoms with van der Waals surface area (Å²) in [5, 5.41) is 10.7. The summed E-state index contributed by atoms with van der Waals surface area (Å²) in [6.07, 6.45) is 3.61. The number of rotatable bonds is 6. The normalized spacial score (nSPS) is 15.5. The summed E-state index contributed by atoms with van der Waals surface area (Å²) in [5.41, 5.74) is -1.07. The summed E-state index contributed by atoms with van der Waals surface area (Å²) in [5.74, 6) is -2.42. The van der Waals surface area contributed by atoms with E-state index >= 15 is 4.39 Å². The summed E-state index contributed by atoms with van der Waals surface area (Å²) in [7, 11) is -2.49. The molecule has 1 aliphatic heterocycles. The maximum absolute atomic E-state index is 15.9. The number of pyridine rings is 1. The molecule has 4 aromatic rings. The van der Waals surface area contributed by atoms with Crippen molar-refractivity contribution >= 4 is 38.3 Å². The van der Waals surface area contributed by atoms with Crippen molar-refractivity contribution in [3.8, 4) is 22.6 Å². The van der Waals surface area contributed by atoms with Gasteiger partial charge in [0, 0.05) is 49.9 Å². The number of amides is 1. The number of aromatic nitrogens is 3. The van der Waals surface area contributed by atoms with Gasteiger partial charge < -0.3 is 14.9 Å². The lowest BCUT2D eigenvalue weighted by Crippen LogP contribution is -2.54. The molecule has 1 atom stereocenters. The van der Waals surface area contributed by atoms with Crippen molar-refractivity contribution in [2.45, 2.75) is 19.9 Å². The first-order chi connectivity index (χ1) is 20.7. The van der Waals surface area contributed by atoms with Crippen molar-refractivity contribution in [3.63, 3.8) is 0 Å². The van der Waals surface area contributed by atoms with Crippen molar-refractivity contribution in [2.24, 2.45) is 0 Å². The second-order valence-electron chi connectivity index (χ2n) is 10.6. The Kier molecular flexibility index (Phi) is 7.88. The van der Waals surface area contributed by atoms with Gasteiger partial charge in [-0.1, -0.05) is 12.6 Å². The minimum absolute atomic E-state index is 0.0649. The molecule has 44 heavy (non-hydrogen) atoms. The monoisotopic (exact) mass is 624 g/mol. The fraction of sp³-hybridized carbons (Fsp3) is 0.267. The van der Waals surface area contributed by atoms with Crippen LogP contribution in [0.2, 0.25) is 0 Å². The van der Waals surface area contributed by atoms with E-state index in [0.717, 1.165) is 27.3 Å². The van der Waals surface area contributed by atoms with Gasteiger partial charge in [-0.3, -0.25) is 18.7 Å². The summed E-state index contributed by atoms with van der Waals surface area (Å²) in [4.78, 5) is 38.3. The number of sulfonamides is 1. The number of nitrogens with zero attached hydrogens (tertiary/aromatic N) is 6. The molecule has 2 aromatic carbocycles. The summed E-state index contributed by atoms with van der Waals surface area (Å²) in [6.45, 7) is 7.77. The van der Waals surface area contributed by atoms with Gasteiger partial charge in [0.1, 0.15) is 23.2 Å². The van der Waals surface area contributed by atoms with E-state index in [1.807, 2.05) is 6.92 Å². The number of aromatic hydroxyl groups is 1. The molecule has 1 fully saturated rings. The Balaban J connectivity index is 1.86. The van der Waals surface area contributed by atoms with Crippen LogP contribution in [0, 0.1) is 18.6 Å². The fourth-order valence-electron chi connectivity index (χ4n) is 5.49.